The minimum Gasteiger partial charge on any atom is -0.409 e. The monoisotopic (exact) mass is 284 g/mol. The van der Waals surface area contributed by atoms with Crippen molar-refractivity contribution in [2.45, 2.75) is 40.2 Å². The second kappa shape index (κ2) is 6.01. The standard InChI is InChI=1S/C12H20N4O2S/c1-5-12(4,10(13)16-18)11(17)15-8(3)9-14-7(2)6-19-9/h6,8,18H,5H2,1-4H3,(H2,13,16)(H,15,17). The van der Waals surface area contributed by atoms with Crippen LogP contribution in [0.4, 0.5) is 0 Å². The summed E-state index contributed by atoms with van der Waals surface area (Å²) < 4.78 is 0. The third-order valence-electron chi connectivity index (χ3n) is 3.24. The largest absolute Gasteiger partial charge is 0.409 e. The smallest absolute Gasteiger partial charge is 0.234 e. The van der Waals surface area contributed by atoms with Gasteiger partial charge in [0, 0.05) is 11.1 Å². The van der Waals surface area contributed by atoms with Gasteiger partial charge in [0.05, 0.1) is 6.04 Å². The molecule has 0 aromatic carbocycles. The molecule has 0 saturated heterocycles. The van der Waals surface area contributed by atoms with E-state index in [0.29, 0.717) is 6.42 Å². The summed E-state index contributed by atoms with van der Waals surface area (Å²) in [6, 6.07) is -0.205. The summed E-state index contributed by atoms with van der Waals surface area (Å²) in [5.41, 5.74) is 5.52. The lowest BCUT2D eigenvalue weighted by Gasteiger charge is -2.26. The summed E-state index contributed by atoms with van der Waals surface area (Å²) in [7, 11) is 0. The summed E-state index contributed by atoms with van der Waals surface area (Å²) in [5.74, 6) is -0.360. The number of hydrogen-bond acceptors (Lipinski definition) is 5. The average Bonchev–Trinajstić information content (AvgIpc) is 2.83. The van der Waals surface area contributed by atoms with Gasteiger partial charge in [-0.25, -0.2) is 4.98 Å². The van der Waals surface area contributed by atoms with Gasteiger partial charge in [0.2, 0.25) is 5.91 Å². The van der Waals surface area contributed by atoms with Crippen LogP contribution >= 0.6 is 11.3 Å². The van der Waals surface area contributed by atoms with E-state index in [9.17, 15) is 4.79 Å². The lowest BCUT2D eigenvalue weighted by atomic mass is 9.85. The van der Waals surface area contributed by atoms with Gasteiger partial charge in [-0.15, -0.1) is 11.3 Å². The van der Waals surface area contributed by atoms with Crippen LogP contribution in [-0.2, 0) is 4.79 Å². The predicted molar refractivity (Wildman–Crippen MR) is 75.2 cm³/mol. The second-order valence-electron chi connectivity index (χ2n) is 4.69. The van der Waals surface area contributed by atoms with Crippen LogP contribution in [0.5, 0.6) is 0 Å². The lowest BCUT2D eigenvalue weighted by Crippen LogP contribution is -2.48. The summed E-state index contributed by atoms with van der Waals surface area (Å²) in [6.07, 6.45) is 0.443. The van der Waals surface area contributed by atoms with Crippen molar-refractivity contribution in [3.8, 4) is 0 Å². The topological polar surface area (TPSA) is 101 Å². The van der Waals surface area contributed by atoms with Crippen molar-refractivity contribution in [1.82, 2.24) is 10.3 Å². The maximum absolute atomic E-state index is 12.3. The van der Waals surface area contributed by atoms with Crippen molar-refractivity contribution in [2.24, 2.45) is 16.3 Å². The molecular formula is C12H20N4O2S. The van der Waals surface area contributed by atoms with Gasteiger partial charge < -0.3 is 16.3 Å². The summed E-state index contributed by atoms with van der Waals surface area (Å²) in [6.45, 7) is 7.23. The molecule has 0 aliphatic rings. The van der Waals surface area contributed by atoms with Crippen molar-refractivity contribution in [2.75, 3.05) is 0 Å². The number of aromatic nitrogens is 1. The highest BCUT2D eigenvalue weighted by molar-refractivity contribution is 7.09. The summed E-state index contributed by atoms with van der Waals surface area (Å²) >= 11 is 1.50. The number of thiazole rings is 1. The van der Waals surface area contributed by atoms with E-state index in [-0.39, 0.29) is 17.8 Å². The Morgan fingerprint density at radius 3 is 2.79 bits per heavy atom. The van der Waals surface area contributed by atoms with Gasteiger partial charge >= 0.3 is 0 Å². The molecule has 6 nitrogen and oxygen atoms in total. The van der Waals surface area contributed by atoms with Crippen LogP contribution in [0.3, 0.4) is 0 Å². The van der Waals surface area contributed by atoms with Gasteiger partial charge in [-0.3, -0.25) is 4.79 Å². The van der Waals surface area contributed by atoms with Crippen LogP contribution in [0, 0.1) is 12.3 Å². The Kier molecular flexibility index (Phi) is 4.88. The molecule has 2 atom stereocenters. The van der Waals surface area contributed by atoms with E-state index < -0.39 is 5.41 Å². The van der Waals surface area contributed by atoms with E-state index in [4.69, 9.17) is 10.9 Å². The fourth-order valence-corrected chi connectivity index (χ4v) is 2.36. The number of amidine groups is 1. The SMILES string of the molecule is CCC(C)(C(=O)NC(C)c1nc(C)cs1)C(N)=NO. The number of nitrogens with one attached hydrogen (secondary N) is 1. The van der Waals surface area contributed by atoms with E-state index in [2.05, 4.69) is 15.5 Å². The van der Waals surface area contributed by atoms with Gasteiger partial charge in [0.1, 0.15) is 10.4 Å². The van der Waals surface area contributed by atoms with Gasteiger partial charge in [0.25, 0.3) is 0 Å². The minimum atomic E-state index is -1.02. The van der Waals surface area contributed by atoms with Crippen LogP contribution in [0.2, 0.25) is 0 Å². The average molecular weight is 284 g/mol. The highest BCUT2D eigenvalue weighted by atomic mass is 32.1. The first-order valence-corrected chi connectivity index (χ1v) is 6.94. The number of hydrogen-bond donors (Lipinski definition) is 3. The molecule has 1 rings (SSSR count). The Labute approximate surface area is 116 Å². The Balaban J connectivity index is 2.84. The molecule has 0 fully saturated rings. The number of oxime groups is 1. The van der Waals surface area contributed by atoms with Gasteiger partial charge in [-0.05, 0) is 27.2 Å². The first-order valence-electron chi connectivity index (χ1n) is 6.06. The lowest BCUT2D eigenvalue weighted by molar-refractivity contribution is -0.127. The zero-order valence-corrected chi connectivity index (χ0v) is 12.4. The normalized spacial score (nSPS) is 16.7. The van der Waals surface area contributed by atoms with E-state index in [1.807, 2.05) is 26.2 Å². The highest BCUT2D eigenvalue weighted by Crippen LogP contribution is 2.24. The first-order chi connectivity index (χ1) is 8.85. The molecule has 1 aromatic heterocycles. The number of carbonyl (C=O) groups is 1. The maximum Gasteiger partial charge on any atom is 0.234 e. The Hall–Kier alpha value is -1.63. The molecule has 106 valence electrons. The fourth-order valence-electron chi connectivity index (χ4n) is 1.56. The number of aryl methyl sites for hydroxylation is 1. The van der Waals surface area contributed by atoms with Crippen molar-refractivity contribution < 1.29 is 10.0 Å². The van der Waals surface area contributed by atoms with Crippen molar-refractivity contribution in [3.63, 3.8) is 0 Å². The second-order valence-corrected chi connectivity index (χ2v) is 5.58. The molecule has 1 heterocycles. The zero-order valence-electron chi connectivity index (χ0n) is 11.6. The van der Waals surface area contributed by atoms with Gasteiger partial charge in [0.15, 0.2) is 5.84 Å². The molecule has 4 N–H and O–H groups in total. The predicted octanol–water partition coefficient (Wildman–Crippen LogP) is 1.79. The number of carbonyl (C=O) groups excluding carboxylic acids is 1. The Morgan fingerprint density at radius 2 is 2.37 bits per heavy atom. The first kappa shape index (κ1) is 15.4. The fraction of sp³-hybridized carbons (Fsp3) is 0.583. The van der Waals surface area contributed by atoms with Gasteiger partial charge in [-0.2, -0.15) is 0 Å². The Bertz CT molecular complexity index is 486. The van der Waals surface area contributed by atoms with E-state index >= 15 is 0 Å². The molecule has 0 aliphatic carbocycles. The van der Waals surface area contributed by atoms with E-state index in [0.717, 1.165) is 10.7 Å². The molecule has 1 amide bonds. The molecule has 0 spiro atoms. The van der Waals surface area contributed by atoms with E-state index in [1.165, 1.54) is 11.3 Å². The molecule has 0 saturated carbocycles. The summed E-state index contributed by atoms with van der Waals surface area (Å²) in [4.78, 5) is 16.6. The van der Waals surface area contributed by atoms with Gasteiger partial charge in [-0.1, -0.05) is 12.1 Å². The zero-order chi connectivity index (χ0) is 14.6. The minimum absolute atomic E-state index is 0.0879. The van der Waals surface area contributed by atoms with Crippen molar-refractivity contribution >= 4 is 23.1 Å². The molecular weight excluding hydrogens is 264 g/mol. The molecule has 19 heavy (non-hydrogen) atoms. The third-order valence-corrected chi connectivity index (χ3v) is 4.38. The highest BCUT2D eigenvalue weighted by Gasteiger charge is 2.37. The third kappa shape index (κ3) is 3.23. The molecule has 0 radical (unpaired) electrons. The maximum atomic E-state index is 12.3. The van der Waals surface area contributed by atoms with Crippen LogP contribution in [0.1, 0.15) is 43.9 Å². The van der Waals surface area contributed by atoms with E-state index in [1.54, 1.807) is 6.92 Å². The van der Waals surface area contributed by atoms with Crippen LogP contribution in [0.15, 0.2) is 10.5 Å². The van der Waals surface area contributed by atoms with Crippen LogP contribution < -0.4 is 11.1 Å². The molecule has 1 aromatic rings. The van der Waals surface area contributed by atoms with Crippen molar-refractivity contribution in [3.05, 3.63) is 16.1 Å². The molecule has 2 unspecified atom stereocenters. The van der Waals surface area contributed by atoms with Crippen LogP contribution in [-0.4, -0.2) is 21.9 Å². The Morgan fingerprint density at radius 1 is 1.74 bits per heavy atom. The number of rotatable bonds is 5. The molecule has 0 bridgehead atoms. The van der Waals surface area contributed by atoms with Crippen LogP contribution in [0.25, 0.3) is 0 Å². The number of amides is 1. The van der Waals surface area contributed by atoms with Crippen molar-refractivity contribution in [1.29, 1.82) is 0 Å². The number of nitrogens with zero attached hydrogens (tertiary/aromatic N) is 2. The quantitative estimate of drug-likeness (QED) is 0.332. The summed E-state index contributed by atoms with van der Waals surface area (Å²) in [5, 5.41) is 17.4. The number of nitrogens with two attached hydrogens (primary N) is 1. The molecule has 0 aliphatic heterocycles. The molecule has 7 heteroatoms.